The van der Waals surface area contributed by atoms with E-state index in [9.17, 15) is 40.5 Å². The number of rotatable bonds is 32. The fourth-order valence-corrected chi connectivity index (χ4v) is 6.38. The number of hydrogen-bond acceptors (Lipinski definition) is 10. The SMILES string of the molecule is CCCCCC/C=C/CCCC(O)C(O)C(COC1OC(CO)C(O)C(O)C1O)NC(=O)C(O)CCCCCCCCCCCCCCCC. The molecule has 11 nitrogen and oxygen atoms in total. The van der Waals surface area contributed by atoms with Gasteiger partial charge in [0.1, 0.15) is 36.6 Å². The first-order valence-corrected chi connectivity index (χ1v) is 20.1. The molecule has 296 valence electrons. The Bertz CT molecular complexity index is 831. The maximum absolute atomic E-state index is 13.0. The second kappa shape index (κ2) is 30.3. The van der Waals surface area contributed by atoms with Gasteiger partial charge in [0.25, 0.3) is 0 Å². The summed E-state index contributed by atoms with van der Waals surface area (Å²) in [4.78, 5) is 13.0. The molecular weight excluding hydrogens is 642 g/mol. The third-order valence-corrected chi connectivity index (χ3v) is 9.82. The van der Waals surface area contributed by atoms with Gasteiger partial charge in [-0.25, -0.2) is 0 Å². The fourth-order valence-electron chi connectivity index (χ4n) is 6.38. The number of aliphatic hydroxyl groups is 7. The lowest BCUT2D eigenvalue weighted by Crippen LogP contribution is -2.60. The van der Waals surface area contributed by atoms with Crippen LogP contribution in [0.15, 0.2) is 12.2 Å². The van der Waals surface area contributed by atoms with Crippen molar-refractivity contribution in [1.29, 1.82) is 0 Å². The van der Waals surface area contributed by atoms with E-state index in [0.717, 1.165) is 38.5 Å². The van der Waals surface area contributed by atoms with Crippen LogP contribution in [0.25, 0.3) is 0 Å². The van der Waals surface area contributed by atoms with E-state index in [-0.39, 0.29) is 12.8 Å². The summed E-state index contributed by atoms with van der Waals surface area (Å²) in [5.41, 5.74) is 0. The van der Waals surface area contributed by atoms with Crippen LogP contribution < -0.4 is 5.32 Å². The molecule has 0 saturated carbocycles. The van der Waals surface area contributed by atoms with Crippen molar-refractivity contribution >= 4 is 5.91 Å². The summed E-state index contributed by atoms with van der Waals surface area (Å²) in [6, 6.07) is -1.18. The smallest absolute Gasteiger partial charge is 0.249 e. The van der Waals surface area contributed by atoms with Gasteiger partial charge in [-0.2, -0.15) is 0 Å². The quantitative estimate of drug-likeness (QED) is 0.0350. The maximum Gasteiger partial charge on any atom is 0.249 e. The van der Waals surface area contributed by atoms with Gasteiger partial charge in [0.2, 0.25) is 5.91 Å². The molecule has 11 heteroatoms. The van der Waals surface area contributed by atoms with Gasteiger partial charge in [-0.05, 0) is 38.5 Å². The van der Waals surface area contributed by atoms with E-state index in [0.29, 0.717) is 12.8 Å². The first kappa shape index (κ1) is 46.9. The Hall–Kier alpha value is -1.15. The number of unbranched alkanes of at least 4 members (excludes halogenated alkanes) is 18. The Morgan fingerprint density at radius 1 is 0.680 bits per heavy atom. The molecule has 1 fully saturated rings. The predicted octanol–water partition coefficient (Wildman–Crippen LogP) is 4.94. The molecule has 0 aromatic heterocycles. The second-order valence-corrected chi connectivity index (χ2v) is 14.4. The molecule has 1 amide bonds. The number of amides is 1. The zero-order chi connectivity index (χ0) is 37.0. The summed E-state index contributed by atoms with van der Waals surface area (Å²) in [6.45, 7) is 3.35. The molecule has 1 aliphatic rings. The predicted molar refractivity (Wildman–Crippen MR) is 196 cm³/mol. The van der Waals surface area contributed by atoms with E-state index in [1.165, 1.54) is 83.5 Å². The molecule has 1 saturated heterocycles. The molecule has 1 rings (SSSR count). The normalized spacial score (nSPS) is 23.6. The van der Waals surface area contributed by atoms with E-state index in [4.69, 9.17) is 9.47 Å². The summed E-state index contributed by atoms with van der Waals surface area (Å²) >= 11 is 0. The third kappa shape index (κ3) is 20.8. The highest BCUT2D eigenvalue weighted by Crippen LogP contribution is 2.23. The number of ether oxygens (including phenoxy) is 2. The van der Waals surface area contributed by atoms with Gasteiger partial charge in [-0.15, -0.1) is 0 Å². The van der Waals surface area contributed by atoms with Crippen LogP contribution in [0.4, 0.5) is 0 Å². The third-order valence-electron chi connectivity index (χ3n) is 9.82. The second-order valence-electron chi connectivity index (χ2n) is 14.4. The Kier molecular flexibility index (Phi) is 28.4. The minimum atomic E-state index is -1.66. The van der Waals surface area contributed by atoms with Crippen LogP contribution in [0.3, 0.4) is 0 Å². The molecule has 9 unspecified atom stereocenters. The molecule has 1 aliphatic heterocycles. The van der Waals surface area contributed by atoms with Crippen LogP contribution >= 0.6 is 0 Å². The van der Waals surface area contributed by atoms with Gasteiger partial charge in [0.15, 0.2) is 6.29 Å². The van der Waals surface area contributed by atoms with Crippen molar-refractivity contribution in [3.63, 3.8) is 0 Å². The van der Waals surface area contributed by atoms with E-state index in [1.54, 1.807) is 0 Å². The Morgan fingerprint density at radius 3 is 1.72 bits per heavy atom. The summed E-state index contributed by atoms with van der Waals surface area (Å²) in [5.74, 6) is -0.709. The number of aliphatic hydroxyl groups excluding tert-OH is 7. The molecule has 1 heterocycles. The van der Waals surface area contributed by atoms with E-state index >= 15 is 0 Å². The zero-order valence-electron chi connectivity index (χ0n) is 31.4. The molecular formula is C39H75NO10. The van der Waals surface area contributed by atoms with Gasteiger partial charge in [0, 0.05) is 0 Å². The van der Waals surface area contributed by atoms with Gasteiger partial charge in [-0.1, -0.05) is 135 Å². The fraction of sp³-hybridized carbons (Fsp3) is 0.923. The summed E-state index contributed by atoms with van der Waals surface area (Å²) in [7, 11) is 0. The van der Waals surface area contributed by atoms with Crippen LogP contribution in [-0.2, 0) is 14.3 Å². The van der Waals surface area contributed by atoms with Gasteiger partial charge in [-0.3, -0.25) is 4.79 Å². The molecule has 0 radical (unpaired) electrons. The van der Waals surface area contributed by atoms with Crippen molar-refractivity contribution in [2.75, 3.05) is 13.2 Å². The van der Waals surface area contributed by atoms with E-state index < -0.39 is 74.2 Å². The first-order chi connectivity index (χ1) is 24.2. The molecule has 0 aromatic carbocycles. The molecule has 50 heavy (non-hydrogen) atoms. The van der Waals surface area contributed by atoms with Crippen molar-refractivity contribution in [1.82, 2.24) is 5.32 Å². The molecule has 9 atom stereocenters. The van der Waals surface area contributed by atoms with Crippen LogP contribution in [0, 0.1) is 0 Å². The lowest BCUT2D eigenvalue weighted by molar-refractivity contribution is -0.303. The Morgan fingerprint density at radius 2 is 1.18 bits per heavy atom. The highest BCUT2D eigenvalue weighted by atomic mass is 16.7. The average Bonchev–Trinajstić information content (AvgIpc) is 3.11. The van der Waals surface area contributed by atoms with Gasteiger partial charge in [0.05, 0.1) is 25.4 Å². The zero-order valence-corrected chi connectivity index (χ0v) is 31.4. The van der Waals surface area contributed by atoms with Crippen LogP contribution in [0.5, 0.6) is 0 Å². The van der Waals surface area contributed by atoms with Crippen molar-refractivity contribution < 1.29 is 50.0 Å². The minimum absolute atomic E-state index is 0.258. The summed E-state index contributed by atoms with van der Waals surface area (Å²) < 4.78 is 11.0. The number of carbonyl (C=O) groups excluding carboxylic acids is 1. The molecule has 0 aliphatic carbocycles. The monoisotopic (exact) mass is 718 g/mol. The van der Waals surface area contributed by atoms with Crippen molar-refractivity contribution in [3.05, 3.63) is 12.2 Å². The number of carbonyl (C=O) groups is 1. The van der Waals surface area contributed by atoms with Gasteiger partial charge < -0.3 is 50.5 Å². The van der Waals surface area contributed by atoms with Gasteiger partial charge >= 0.3 is 0 Å². The highest BCUT2D eigenvalue weighted by Gasteiger charge is 2.44. The number of hydrogen-bond donors (Lipinski definition) is 8. The first-order valence-electron chi connectivity index (χ1n) is 20.1. The standard InChI is InChI=1S/C39H75NO10/c1-3-5-7-9-11-13-14-15-16-17-19-21-23-25-27-32(43)38(48)40-30(29-49-39-37(47)36(46)35(45)33(28-41)50-39)34(44)31(42)26-24-22-20-18-12-10-8-6-4-2/h18,20,30-37,39,41-47H,3-17,19,21-29H2,1-2H3,(H,40,48)/b20-18+. The van der Waals surface area contributed by atoms with Crippen molar-refractivity contribution in [3.8, 4) is 0 Å². The molecule has 0 aromatic rings. The Balaban J connectivity index is 2.54. The number of allylic oxidation sites excluding steroid dienone is 2. The Labute approximate surface area is 302 Å². The summed E-state index contributed by atoms with van der Waals surface area (Å²) in [6.07, 6.45) is 17.1. The van der Waals surface area contributed by atoms with Crippen molar-refractivity contribution in [2.45, 2.75) is 217 Å². The van der Waals surface area contributed by atoms with Crippen LogP contribution in [0.1, 0.15) is 162 Å². The van der Waals surface area contributed by atoms with E-state index in [1.807, 2.05) is 0 Å². The van der Waals surface area contributed by atoms with Crippen LogP contribution in [0.2, 0.25) is 0 Å². The molecule has 8 N–H and O–H groups in total. The topological polar surface area (TPSA) is 189 Å². The highest BCUT2D eigenvalue weighted by molar-refractivity contribution is 5.80. The molecule has 0 spiro atoms. The largest absolute Gasteiger partial charge is 0.394 e. The molecule has 0 bridgehead atoms. The average molecular weight is 718 g/mol. The van der Waals surface area contributed by atoms with E-state index in [2.05, 4.69) is 31.3 Å². The minimum Gasteiger partial charge on any atom is -0.394 e. The summed E-state index contributed by atoms with van der Waals surface area (Å²) in [5, 5.41) is 75.1. The van der Waals surface area contributed by atoms with Crippen molar-refractivity contribution in [2.24, 2.45) is 0 Å². The lowest BCUT2D eigenvalue weighted by atomic mass is 9.98. The lowest BCUT2D eigenvalue weighted by Gasteiger charge is -2.40. The maximum atomic E-state index is 13.0. The van der Waals surface area contributed by atoms with Crippen LogP contribution in [-0.4, -0.2) is 110 Å². The number of nitrogens with one attached hydrogen (secondary N) is 1.